The molecule has 0 spiro atoms. The van der Waals surface area contributed by atoms with Crippen molar-refractivity contribution in [2.45, 2.75) is 69.4 Å². The summed E-state index contributed by atoms with van der Waals surface area (Å²) >= 11 is 0. The molecule has 4 aliphatic carbocycles. The minimum atomic E-state index is 0.101. The highest BCUT2D eigenvalue weighted by atomic mass is 16.2. The molecule has 5 aliphatic rings. The third kappa shape index (κ3) is 2.92. The first-order valence-corrected chi connectivity index (χ1v) is 9.00. The molecule has 1 unspecified atom stereocenters. The molecule has 0 radical (unpaired) electrons. The Morgan fingerprint density at radius 2 is 1.62 bits per heavy atom. The molecule has 3 N–H and O–H groups in total. The fourth-order valence-corrected chi connectivity index (χ4v) is 5.89. The van der Waals surface area contributed by atoms with Crippen LogP contribution < -0.4 is 16.0 Å². The predicted octanol–water partition coefficient (Wildman–Crippen LogP) is 2.40. The summed E-state index contributed by atoms with van der Waals surface area (Å²) in [5, 5.41) is 10.1. The van der Waals surface area contributed by atoms with Crippen LogP contribution in [0, 0.1) is 17.8 Å². The Labute approximate surface area is 127 Å². The minimum absolute atomic E-state index is 0.101. The van der Waals surface area contributed by atoms with Crippen LogP contribution in [-0.2, 0) is 0 Å². The van der Waals surface area contributed by atoms with E-state index < -0.39 is 0 Å². The lowest BCUT2D eigenvalue weighted by molar-refractivity contribution is -0.0136. The van der Waals surface area contributed by atoms with Gasteiger partial charge in [0.25, 0.3) is 0 Å². The van der Waals surface area contributed by atoms with E-state index in [4.69, 9.17) is 0 Å². The number of hydrogen-bond donors (Lipinski definition) is 3. The maximum atomic E-state index is 12.5. The Morgan fingerprint density at radius 3 is 2.29 bits per heavy atom. The van der Waals surface area contributed by atoms with Crippen LogP contribution in [0.4, 0.5) is 4.79 Å². The van der Waals surface area contributed by atoms with Crippen LogP contribution in [0.15, 0.2) is 0 Å². The monoisotopic (exact) mass is 291 g/mol. The number of urea groups is 1. The van der Waals surface area contributed by atoms with Gasteiger partial charge >= 0.3 is 6.03 Å². The van der Waals surface area contributed by atoms with Gasteiger partial charge in [0.1, 0.15) is 0 Å². The van der Waals surface area contributed by atoms with Crippen molar-refractivity contribution in [3.05, 3.63) is 0 Å². The highest BCUT2D eigenvalue weighted by Crippen LogP contribution is 2.55. The molecule has 1 aliphatic heterocycles. The second-order valence-electron chi connectivity index (χ2n) is 8.17. The van der Waals surface area contributed by atoms with Gasteiger partial charge in [0.15, 0.2) is 0 Å². The van der Waals surface area contributed by atoms with Crippen LogP contribution in [0.1, 0.15) is 57.8 Å². The number of rotatable bonds is 2. The van der Waals surface area contributed by atoms with Gasteiger partial charge in [-0.2, -0.15) is 0 Å². The molecule has 1 saturated heterocycles. The third-order valence-corrected chi connectivity index (χ3v) is 6.33. The molecule has 5 fully saturated rings. The van der Waals surface area contributed by atoms with Gasteiger partial charge < -0.3 is 16.0 Å². The van der Waals surface area contributed by atoms with Crippen LogP contribution in [0.2, 0.25) is 0 Å². The largest absolute Gasteiger partial charge is 0.335 e. The van der Waals surface area contributed by atoms with Crippen molar-refractivity contribution < 1.29 is 4.79 Å². The molecule has 21 heavy (non-hydrogen) atoms. The first kappa shape index (κ1) is 13.9. The van der Waals surface area contributed by atoms with E-state index in [1.54, 1.807) is 0 Å². The summed E-state index contributed by atoms with van der Waals surface area (Å²) in [5.41, 5.74) is 0.141. The molecule has 0 aromatic rings. The average Bonchev–Trinajstić information content (AvgIpc) is 2.64. The van der Waals surface area contributed by atoms with Crippen molar-refractivity contribution in [1.82, 2.24) is 16.0 Å². The van der Waals surface area contributed by atoms with E-state index in [0.717, 1.165) is 43.7 Å². The molecule has 4 bridgehead atoms. The van der Waals surface area contributed by atoms with Crippen molar-refractivity contribution in [2.75, 3.05) is 13.1 Å². The molecular formula is C17H29N3O. The van der Waals surface area contributed by atoms with Crippen LogP contribution in [0.25, 0.3) is 0 Å². The lowest BCUT2D eigenvalue weighted by Crippen LogP contribution is -2.62. The van der Waals surface area contributed by atoms with Crippen LogP contribution in [0.3, 0.4) is 0 Å². The molecule has 4 heteroatoms. The van der Waals surface area contributed by atoms with E-state index in [1.165, 1.54) is 44.9 Å². The molecule has 4 saturated carbocycles. The molecule has 4 nitrogen and oxygen atoms in total. The maximum Gasteiger partial charge on any atom is 0.315 e. The van der Waals surface area contributed by atoms with E-state index in [9.17, 15) is 4.79 Å². The lowest BCUT2D eigenvalue weighted by atomic mass is 9.53. The number of carbonyl (C=O) groups excluding carboxylic acids is 1. The van der Waals surface area contributed by atoms with Crippen LogP contribution >= 0.6 is 0 Å². The zero-order valence-corrected chi connectivity index (χ0v) is 13.0. The highest BCUT2D eigenvalue weighted by Gasteiger charge is 2.51. The van der Waals surface area contributed by atoms with E-state index in [0.29, 0.717) is 6.04 Å². The topological polar surface area (TPSA) is 53.2 Å². The summed E-state index contributed by atoms with van der Waals surface area (Å²) in [6.45, 7) is 2.12. The van der Waals surface area contributed by atoms with Gasteiger partial charge in [-0.05, 0) is 88.6 Å². The molecule has 1 atom stereocenters. The Balaban J connectivity index is 1.35. The summed E-state index contributed by atoms with van der Waals surface area (Å²) in [6, 6.07) is 0.456. The van der Waals surface area contributed by atoms with E-state index in [-0.39, 0.29) is 11.6 Å². The van der Waals surface area contributed by atoms with Crippen molar-refractivity contribution in [3.63, 3.8) is 0 Å². The molecular weight excluding hydrogens is 262 g/mol. The normalized spacial score (nSPS) is 45.1. The van der Waals surface area contributed by atoms with E-state index in [1.807, 2.05) is 0 Å². The fraction of sp³-hybridized carbons (Fsp3) is 0.941. The minimum Gasteiger partial charge on any atom is -0.335 e. The Morgan fingerprint density at radius 1 is 0.952 bits per heavy atom. The number of amides is 2. The molecule has 5 rings (SSSR count). The number of nitrogens with one attached hydrogen (secondary N) is 3. The number of carbonyl (C=O) groups is 1. The molecule has 118 valence electrons. The molecule has 1 heterocycles. The van der Waals surface area contributed by atoms with Gasteiger partial charge in [0.05, 0.1) is 0 Å². The summed E-state index contributed by atoms with van der Waals surface area (Å²) in [6.07, 6.45) is 11.3. The first-order valence-electron chi connectivity index (χ1n) is 9.00. The maximum absolute atomic E-state index is 12.5. The van der Waals surface area contributed by atoms with E-state index >= 15 is 0 Å². The average molecular weight is 291 g/mol. The smallest absolute Gasteiger partial charge is 0.315 e. The Kier molecular flexibility index (Phi) is 3.60. The van der Waals surface area contributed by atoms with Crippen molar-refractivity contribution in [3.8, 4) is 0 Å². The highest BCUT2D eigenvalue weighted by molar-refractivity contribution is 5.75. The van der Waals surface area contributed by atoms with Gasteiger partial charge in [0.2, 0.25) is 0 Å². The fourth-order valence-electron chi connectivity index (χ4n) is 5.89. The third-order valence-electron chi connectivity index (χ3n) is 6.33. The van der Waals surface area contributed by atoms with Gasteiger partial charge in [-0.1, -0.05) is 0 Å². The first-order chi connectivity index (χ1) is 10.2. The molecule has 0 aromatic heterocycles. The summed E-state index contributed by atoms with van der Waals surface area (Å²) < 4.78 is 0. The summed E-state index contributed by atoms with van der Waals surface area (Å²) in [7, 11) is 0. The summed E-state index contributed by atoms with van der Waals surface area (Å²) in [4.78, 5) is 12.5. The van der Waals surface area contributed by atoms with Crippen LogP contribution in [-0.4, -0.2) is 30.7 Å². The second-order valence-corrected chi connectivity index (χ2v) is 8.17. The summed E-state index contributed by atoms with van der Waals surface area (Å²) in [5.74, 6) is 2.66. The van der Waals surface area contributed by atoms with Gasteiger partial charge in [-0.25, -0.2) is 4.79 Å². The zero-order chi connectivity index (χ0) is 14.3. The zero-order valence-electron chi connectivity index (χ0n) is 13.0. The standard InChI is InChI=1S/C17H29N3O/c21-16(19-15-2-1-4-18-5-3-15)20-17-9-12-6-13(10-17)8-14(7-12)11-17/h12-15,18H,1-11H2,(H2,19,20,21). The lowest BCUT2D eigenvalue weighted by Gasteiger charge is -2.56. The van der Waals surface area contributed by atoms with E-state index in [2.05, 4.69) is 16.0 Å². The second kappa shape index (κ2) is 5.45. The van der Waals surface area contributed by atoms with Crippen molar-refractivity contribution in [1.29, 1.82) is 0 Å². The Bertz CT molecular complexity index is 366. The predicted molar refractivity (Wildman–Crippen MR) is 83.1 cm³/mol. The molecule has 0 aromatic carbocycles. The SMILES string of the molecule is O=C(NC1CCCNCC1)NC12CC3CC(CC(C3)C1)C2. The van der Waals surface area contributed by atoms with Crippen molar-refractivity contribution in [2.24, 2.45) is 17.8 Å². The van der Waals surface area contributed by atoms with Gasteiger partial charge in [0, 0.05) is 11.6 Å². The van der Waals surface area contributed by atoms with Gasteiger partial charge in [-0.3, -0.25) is 0 Å². The van der Waals surface area contributed by atoms with Crippen molar-refractivity contribution >= 4 is 6.03 Å². The molecule has 2 amide bonds. The quantitative estimate of drug-likeness (QED) is 0.732. The Hall–Kier alpha value is -0.770. The van der Waals surface area contributed by atoms with Gasteiger partial charge in [-0.15, -0.1) is 0 Å². The van der Waals surface area contributed by atoms with Crippen LogP contribution in [0.5, 0.6) is 0 Å². The number of hydrogen-bond acceptors (Lipinski definition) is 2.